The SMILES string of the molecule is Cc1cc(Cl)cc(C)c1Oc1ccc(CBr)c(Br)c1. The first kappa shape index (κ1) is 14.9. The maximum absolute atomic E-state index is 6.02. The summed E-state index contributed by atoms with van der Waals surface area (Å²) < 4.78 is 7.00. The van der Waals surface area contributed by atoms with Crippen LogP contribution in [0.3, 0.4) is 0 Å². The molecule has 0 aliphatic rings. The molecule has 0 saturated carbocycles. The molecule has 0 saturated heterocycles. The van der Waals surface area contributed by atoms with Crippen LogP contribution in [0.15, 0.2) is 34.8 Å². The van der Waals surface area contributed by atoms with Gasteiger partial charge in [-0.2, -0.15) is 0 Å². The van der Waals surface area contributed by atoms with Crippen molar-refractivity contribution in [2.75, 3.05) is 0 Å². The van der Waals surface area contributed by atoms with Crippen LogP contribution >= 0.6 is 43.5 Å². The number of hydrogen-bond donors (Lipinski definition) is 0. The Morgan fingerprint density at radius 3 is 2.26 bits per heavy atom. The standard InChI is InChI=1S/C15H13Br2ClO/c1-9-5-12(18)6-10(2)15(9)19-13-4-3-11(8-16)14(17)7-13/h3-7H,8H2,1-2H3. The lowest BCUT2D eigenvalue weighted by Gasteiger charge is -2.13. The van der Waals surface area contributed by atoms with E-state index in [1.54, 1.807) is 0 Å². The lowest BCUT2D eigenvalue weighted by Crippen LogP contribution is -1.92. The largest absolute Gasteiger partial charge is 0.457 e. The predicted molar refractivity (Wildman–Crippen MR) is 87.8 cm³/mol. The molecule has 1 nitrogen and oxygen atoms in total. The van der Waals surface area contributed by atoms with Crippen LogP contribution in [-0.4, -0.2) is 0 Å². The van der Waals surface area contributed by atoms with Crippen molar-refractivity contribution in [3.8, 4) is 11.5 Å². The Kier molecular flexibility index (Phi) is 4.93. The molecule has 2 aromatic rings. The van der Waals surface area contributed by atoms with Gasteiger partial charge in [0.1, 0.15) is 11.5 Å². The smallest absolute Gasteiger partial charge is 0.133 e. The van der Waals surface area contributed by atoms with Crippen LogP contribution in [0.25, 0.3) is 0 Å². The molecule has 0 spiro atoms. The molecule has 0 bridgehead atoms. The molecule has 0 amide bonds. The summed E-state index contributed by atoms with van der Waals surface area (Å²) in [7, 11) is 0. The van der Waals surface area contributed by atoms with Crippen molar-refractivity contribution in [2.45, 2.75) is 19.2 Å². The molecule has 0 N–H and O–H groups in total. The lowest BCUT2D eigenvalue weighted by atomic mass is 10.1. The molecule has 0 heterocycles. The van der Waals surface area contributed by atoms with Gasteiger partial charge in [-0.05, 0) is 54.8 Å². The molecule has 0 aliphatic carbocycles. The summed E-state index contributed by atoms with van der Waals surface area (Å²) in [5.74, 6) is 1.67. The molecule has 0 unspecified atom stereocenters. The number of hydrogen-bond acceptors (Lipinski definition) is 1. The van der Waals surface area contributed by atoms with E-state index < -0.39 is 0 Å². The summed E-state index contributed by atoms with van der Waals surface area (Å²) in [6.07, 6.45) is 0. The van der Waals surface area contributed by atoms with Crippen LogP contribution in [0.2, 0.25) is 5.02 Å². The highest BCUT2D eigenvalue weighted by Crippen LogP contribution is 2.33. The van der Waals surface area contributed by atoms with Crippen molar-refractivity contribution in [2.24, 2.45) is 0 Å². The topological polar surface area (TPSA) is 9.23 Å². The zero-order valence-electron chi connectivity index (χ0n) is 10.6. The summed E-state index contributed by atoms with van der Waals surface area (Å²) in [5.41, 5.74) is 3.26. The number of rotatable bonds is 3. The number of benzene rings is 2. The van der Waals surface area contributed by atoms with E-state index in [1.165, 1.54) is 5.56 Å². The van der Waals surface area contributed by atoms with Crippen molar-refractivity contribution >= 4 is 43.5 Å². The maximum atomic E-state index is 6.02. The maximum Gasteiger partial charge on any atom is 0.133 e. The van der Waals surface area contributed by atoms with E-state index in [1.807, 2.05) is 44.2 Å². The molecule has 2 rings (SSSR count). The van der Waals surface area contributed by atoms with E-state index in [4.69, 9.17) is 16.3 Å². The Labute approximate surface area is 135 Å². The van der Waals surface area contributed by atoms with Crippen molar-refractivity contribution < 1.29 is 4.74 Å². The lowest BCUT2D eigenvalue weighted by molar-refractivity contribution is 0.474. The van der Waals surface area contributed by atoms with Gasteiger partial charge < -0.3 is 4.74 Å². The molecule has 19 heavy (non-hydrogen) atoms. The first-order valence-electron chi connectivity index (χ1n) is 5.80. The van der Waals surface area contributed by atoms with Gasteiger partial charge in [0.2, 0.25) is 0 Å². The van der Waals surface area contributed by atoms with Gasteiger partial charge in [-0.1, -0.05) is 49.5 Å². The molecule has 0 aromatic heterocycles. The van der Waals surface area contributed by atoms with Gasteiger partial charge in [-0.3, -0.25) is 0 Å². The Balaban J connectivity index is 2.34. The Morgan fingerprint density at radius 1 is 1.11 bits per heavy atom. The summed E-state index contributed by atoms with van der Waals surface area (Å²) in [6, 6.07) is 9.80. The van der Waals surface area contributed by atoms with Gasteiger partial charge in [0, 0.05) is 14.8 Å². The highest BCUT2D eigenvalue weighted by atomic mass is 79.9. The van der Waals surface area contributed by atoms with E-state index in [-0.39, 0.29) is 0 Å². The van der Waals surface area contributed by atoms with Crippen LogP contribution in [0, 0.1) is 13.8 Å². The number of halogens is 3. The van der Waals surface area contributed by atoms with E-state index in [2.05, 4.69) is 31.9 Å². The average Bonchev–Trinajstić information content (AvgIpc) is 2.34. The number of ether oxygens (including phenoxy) is 1. The van der Waals surface area contributed by atoms with Gasteiger partial charge in [0.15, 0.2) is 0 Å². The normalized spacial score (nSPS) is 10.6. The fourth-order valence-corrected chi connectivity index (χ4v) is 3.57. The number of aryl methyl sites for hydroxylation is 2. The molecule has 4 heteroatoms. The fourth-order valence-electron chi connectivity index (χ4n) is 1.88. The first-order valence-corrected chi connectivity index (χ1v) is 8.09. The Morgan fingerprint density at radius 2 is 1.74 bits per heavy atom. The molecule has 0 fully saturated rings. The summed E-state index contributed by atoms with van der Waals surface area (Å²) in [6.45, 7) is 3.99. The van der Waals surface area contributed by atoms with Crippen LogP contribution in [-0.2, 0) is 5.33 Å². The molecule has 0 radical (unpaired) electrons. The van der Waals surface area contributed by atoms with Crippen molar-refractivity contribution in [1.29, 1.82) is 0 Å². The first-order chi connectivity index (χ1) is 9.01. The quantitative estimate of drug-likeness (QED) is 0.537. The minimum atomic E-state index is 0.734. The van der Waals surface area contributed by atoms with Crippen LogP contribution in [0.1, 0.15) is 16.7 Å². The van der Waals surface area contributed by atoms with E-state index in [0.717, 1.165) is 37.5 Å². The highest BCUT2D eigenvalue weighted by molar-refractivity contribution is 9.10. The highest BCUT2D eigenvalue weighted by Gasteiger charge is 2.08. The second kappa shape index (κ2) is 6.29. The monoisotopic (exact) mass is 402 g/mol. The van der Waals surface area contributed by atoms with Crippen molar-refractivity contribution in [3.05, 3.63) is 56.5 Å². The molecule has 100 valence electrons. The Bertz CT molecular complexity index is 588. The molecular weight excluding hydrogens is 391 g/mol. The molecule has 2 aromatic carbocycles. The predicted octanol–water partition coefficient (Wildman–Crippen LogP) is 6.41. The van der Waals surface area contributed by atoms with Crippen LogP contribution in [0.4, 0.5) is 0 Å². The zero-order chi connectivity index (χ0) is 14.0. The molecular formula is C15H13Br2ClO. The van der Waals surface area contributed by atoms with E-state index in [9.17, 15) is 0 Å². The molecule has 0 atom stereocenters. The van der Waals surface area contributed by atoms with E-state index in [0.29, 0.717) is 0 Å². The van der Waals surface area contributed by atoms with Crippen molar-refractivity contribution in [3.63, 3.8) is 0 Å². The third kappa shape index (κ3) is 3.53. The second-order valence-corrected chi connectivity index (χ2v) is 6.21. The van der Waals surface area contributed by atoms with Gasteiger partial charge in [0.25, 0.3) is 0 Å². The van der Waals surface area contributed by atoms with Gasteiger partial charge in [0.05, 0.1) is 0 Å². The fraction of sp³-hybridized carbons (Fsp3) is 0.200. The number of alkyl halides is 1. The van der Waals surface area contributed by atoms with Gasteiger partial charge >= 0.3 is 0 Å². The minimum absolute atomic E-state index is 0.734. The van der Waals surface area contributed by atoms with Crippen molar-refractivity contribution in [1.82, 2.24) is 0 Å². The minimum Gasteiger partial charge on any atom is -0.457 e. The van der Waals surface area contributed by atoms with Crippen LogP contribution < -0.4 is 4.74 Å². The van der Waals surface area contributed by atoms with Crippen LogP contribution in [0.5, 0.6) is 11.5 Å². The Hall–Kier alpha value is -0.510. The zero-order valence-corrected chi connectivity index (χ0v) is 14.6. The molecule has 0 aliphatic heterocycles. The second-order valence-electron chi connectivity index (χ2n) is 4.36. The summed E-state index contributed by atoms with van der Waals surface area (Å²) in [5, 5.41) is 1.55. The summed E-state index contributed by atoms with van der Waals surface area (Å²) in [4.78, 5) is 0. The van der Waals surface area contributed by atoms with Gasteiger partial charge in [-0.15, -0.1) is 0 Å². The average molecular weight is 405 g/mol. The third-order valence-corrected chi connectivity index (χ3v) is 4.37. The van der Waals surface area contributed by atoms with E-state index >= 15 is 0 Å². The third-order valence-electron chi connectivity index (χ3n) is 2.81. The summed E-state index contributed by atoms with van der Waals surface area (Å²) >= 11 is 13.0. The van der Waals surface area contributed by atoms with Gasteiger partial charge in [-0.25, -0.2) is 0 Å².